The molecule has 0 unspecified atom stereocenters. The van der Waals surface area contributed by atoms with Crippen LogP contribution in [0.5, 0.6) is 0 Å². The summed E-state index contributed by atoms with van der Waals surface area (Å²) in [5, 5.41) is 2.35. The van der Waals surface area contributed by atoms with E-state index in [1.54, 1.807) is 36.8 Å². The smallest absolute Gasteiger partial charge is 0.411 e. The van der Waals surface area contributed by atoms with E-state index in [9.17, 15) is 9.59 Å². The van der Waals surface area contributed by atoms with E-state index < -0.39 is 11.7 Å². The number of carbonyl (C=O) groups excluding carboxylic acids is 1. The number of carbonyl (C=O) groups is 1. The minimum Gasteiger partial charge on any atom is -0.453 e. The molecule has 0 atom stereocenters. The normalized spacial score (nSPS) is 9.83. The van der Waals surface area contributed by atoms with E-state index in [1.165, 1.54) is 7.11 Å². The van der Waals surface area contributed by atoms with Crippen LogP contribution in [0.4, 0.5) is 10.5 Å². The number of aromatic nitrogens is 2. The minimum absolute atomic E-state index is 0.135. The van der Waals surface area contributed by atoms with Crippen molar-refractivity contribution in [3.8, 4) is 11.1 Å². The Hall–Kier alpha value is -2.63. The average molecular weight is 245 g/mol. The van der Waals surface area contributed by atoms with Gasteiger partial charge in [-0.15, -0.1) is 0 Å². The topological polar surface area (TPSA) is 84.1 Å². The molecule has 2 heterocycles. The summed E-state index contributed by atoms with van der Waals surface area (Å²) in [5.74, 6) is 0. The first-order valence-corrected chi connectivity index (χ1v) is 5.19. The van der Waals surface area contributed by atoms with Gasteiger partial charge in [0.1, 0.15) is 5.69 Å². The number of hydrogen-bond acceptors (Lipinski definition) is 4. The van der Waals surface area contributed by atoms with E-state index in [4.69, 9.17) is 0 Å². The first-order valence-electron chi connectivity index (χ1n) is 5.19. The molecule has 0 fully saturated rings. The fourth-order valence-corrected chi connectivity index (χ4v) is 1.45. The van der Waals surface area contributed by atoms with Gasteiger partial charge in [-0.1, -0.05) is 0 Å². The van der Waals surface area contributed by atoms with E-state index in [2.05, 4.69) is 20.0 Å². The SMILES string of the molecule is COC(=O)Nc1cc(-c2ccncc2)c[nH]c1=O. The number of amides is 1. The highest BCUT2D eigenvalue weighted by Gasteiger charge is 2.07. The molecule has 0 aliphatic carbocycles. The molecular formula is C12H11N3O3. The van der Waals surface area contributed by atoms with Crippen LogP contribution in [0.25, 0.3) is 11.1 Å². The Bertz CT molecular complexity index is 607. The van der Waals surface area contributed by atoms with Crippen molar-refractivity contribution in [2.75, 3.05) is 12.4 Å². The third kappa shape index (κ3) is 2.54. The van der Waals surface area contributed by atoms with Gasteiger partial charge in [0, 0.05) is 24.2 Å². The summed E-state index contributed by atoms with van der Waals surface area (Å²) < 4.78 is 4.44. The molecule has 0 saturated carbocycles. The molecule has 6 heteroatoms. The van der Waals surface area contributed by atoms with Crippen LogP contribution in [0.3, 0.4) is 0 Å². The Morgan fingerprint density at radius 3 is 2.72 bits per heavy atom. The lowest BCUT2D eigenvalue weighted by molar-refractivity contribution is 0.187. The van der Waals surface area contributed by atoms with Gasteiger partial charge < -0.3 is 9.72 Å². The van der Waals surface area contributed by atoms with Crippen LogP contribution in [0.15, 0.2) is 41.6 Å². The third-order valence-corrected chi connectivity index (χ3v) is 2.34. The monoisotopic (exact) mass is 245 g/mol. The second-order valence-electron chi connectivity index (χ2n) is 3.48. The predicted octanol–water partition coefficient (Wildman–Crippen LogP) is 1.62. The number of anilines is 1. The second kappa shape index (κ2) is 5.13. The van der Waals surface area contributed by atoms with Gasteiger partial charge in [0.05, 0.1) is 7.11 Å². The maximum absolute atomic E-state index is 11.5. The molecule has 0 bridgehead atoms. The Balaban J connectivity index is 2.38. The zero-order valence-electron chi connectivity index (χ0n) is 9.64. The first-order chi connectivity index (χ1) is 8.70. The fourth-order valence-electron chi connectivity index (χ4n) is 1.45. The number of H-pyrrole nitrogens is 1. The molecule has 1 amide bonds. The van der Waals surface area contributed by atoms with Crippen LogP contribution in [0.2, 0.25) is 0 Å². The van der Waals surface area contributed by atoms with Crippen molar-refractivity contribution in [3.05, 3.63) is 47.1 Å². The summed E-state index contributed by atoms with van der Waals surface area (Å²) in [6.45, 7) is 0. The molecule has 2 rings (SSSR count). The Kier molecular flexibility index (Phi) is 3.38. The standard InChI is InChI=1S/C12H11N3O3/c1-18-12(17)15-10-6-9(7-14-11(10)16)8-2-4-13-5-3-8/h2-7H,1H3,(H,14,16)(H,15,17). The van der Waals surface area contributed by atoms with Crippen LogP contribution >= 0.6 is 0 Å². The molecule has 92 valence electrons. The predicted molar refractivity (Wildman–Crippen MR) is 66.3 cm³/mol. The van der Waals surface area contributed by atoms with Gasteiger partial charge in [0.2, 0.25) is 0 Å². The maximum atomic E-state index is 11.5. The lowest BCUT2D eigenvalue weighted by Crippen LogP contribution is -2.19. The van der Waals surface area contributed by atoms with Crippen molar-refractivity contribution in [3.63, 3.8) is 0 Å². The van der Waals surface area contributed by atoms with Gasteiger partial charge in [-0.2, -0.15) is 0 Å². The van der Waals surface area contributed by atoms with Gasteiger partial charge in [-0.3, -0.25) is 15.1 Å². The molecule has 2 aromatic heterocycles. The summed E-state index contributed by atoms with van der Waals surface area (Å²) in [4.78, 5) is 29.1. The number of nitrogens with zero attached hydrogens (tertiary/aromatic N) is 1. The Morgan fingerprint density at radius 2 is 2.06 bits per heavy atom. The summed E-state index contributed by atoms with van der Waals surface area (Å²) in [5.41, 5.74) is 1.40. The average Bonchev–Trinajstić information content (AvgIpc) is 2.42. The first kappa shape index (κ1) is 11.8. The maximum Gasteiger partial charge on any atom is 0.411 e. The van der Waals surface area contributed by atoms with Crippen molar-refractivity contribution < 1.29 is 9.53 Å². The van der Waals surface area contributed by atoms with Crippen molar-refractivity contribution in [1.29, 1.82) is 0 Å². The fraction of sp³-hybridized carbons (Fsp3) is 0.0833. The molecule has 0 radical (unpaired) electrons. The number of rotatable bonds is 2. The third-order valence-electron chi connectivity index (χ3n) is 2.34. The Labute approximate surface area is 103 Å². The lowest BCUT2D eigenvalue weighted by atomic mass is 10.1. The van der Waals surface area contributed by atoms with Crippen LogP contribution in [-0.4, -0.2) is 23.2 Å². The summed E-state index contributed by atoms with van der Waals surface area (Å²) in [6, 6.07) is 5.18. The molecule has 0 aromatic carbocycles. The lowest BCUT2D eigenvalue weighted by Gasteiger charge is -2.05. The molecule has 0 aliphatic heterocycles. The van der Waals surface area contributed by atoms with E-state index >= 15 is 0 Å². The molecule has 0 spiro atoms. The number of hydrogen-bond donors (Lipinski definition) is 2. The van der Waals surface area contributed by atoms with Crippen molar-refractivity contribution >= 4 is 11.8 Å². The summed E-state index contributed by atoms with van der Waals surface area (Å²) in [6.07, 6.45) is 4.18. The van der Waals surface area contributed by atoms with Crippen LogP contribution in [-0.2, 0) is 4.74 Å². The largest absolute Gasteiger partial charge is 0.453 e. The van der Waals surface area contributed by atoms with E-state index in [0.717, 1.165) is 11.1 Å². The second-order valence-corrected chi connectivity index (χ2v) is 3.48. The van der Waals surface area contributed by atoms with Gasteiger partial charge in [0.25, 0.3) is 5.56 Å². The molecule has 18 heavy (non-hydrogen) atoms. The number of aromatic amines is 1. The molecule has 2 N–H and O–H groups in total. The van der Waals surface area contributed by atoms with Crippen molar-refractivity contribution in [1.82, 2.24) is 9.97 Å². The Morgan fingerprint density at radius 1 is 1.33 bits per heavy atom. The zero-order chi connectivity index (χ0) is 13.0. The van der Waals surface area contributed by atoms with Crippen LogP contribution < -0.4 is 10.9 Å². The molecule has 0 aliphatic rings. The van der Waals surface area contributed by atoms with Crippen LogP contribution in [0.1, 0.15) is 0 Å². The minimum atomic E-state index is -0.688. The number of methoxy groups -OCH3 is 1. The molecular weight excluding hydrogens is 234 g/mol. The van der Waals surface area contributed by atoms with Gasteiger partial charge in [0.15, 0.2) is 0 Å². The number of nitrogens with one attached hydrogen (secondary N) is 2. The molecule has 0 saturated heterocycles. The van der Waals surface area contributed by atoms with E-state index in [-0.39, 0.29) is 5.69 Å². The van der Waals surface area contributed by atoms with E-state index in [0.29, 0.717) is 0 Å². The molecule has 6 nitrogen and oxygen atoms in total. The summed E-state index contributed by atoms with van der Waals surface area (Å²) in [7, 11) is 1.23. The van der Waals surface area contributed by atoms with E-state index in [1.807, 2.05) is 0 Å². The molecule has 2 aromatic rings. The highest BCUT2D eigenvalue weighted by atomic mass is 16.5. The number of ether oxygens (including phenoxy) is 1. The van der Waals surface area contributed by atoms with Crippen molar-refractivity contribution in [2.24, 2.45) is 0 Å². The zero-order valence-corrected chi connectivity index (χ0v) is 9.64. The number of pyridine rings is 2. The van der Waals surface area contributed by atoms with Crippen molar-refractivity contribution in [2.45, 2.75) is 0 Å². The highest BCUT2D eigenvalue weighted by Crippen LogP contribution is 2.18. The van der Waals surface area contributed by atoms with Gasteiger partial charge >= 0.3 is 6.09 Å². The summed E-state index contributed by atoms with van der Waals surface area (Å²) >= 11 is 0. The van der Waals surface area contributed by atoms with Gasteiger partial charge in [-0.25, -0.2) is 4.79 Å². The highest BCUT2D eigenvalue weighted by molar-refractivity contribution is 5.85. The quantitative estimate of drug-likeness (QED) is 0.841. The van der Waals surface area contributed by atoms with Gasteiger partial charge in [-0.05, 0) is 23.8 Å². The van der Waals surface area contributed by atoms with Crippen LogP contribution in [0, 0.1) is 0 Å².